The molecule has 0 aromatic heterocycles. The molecule has 1 aliphatic rings. The van der Waals surface area contributed by atoms with Crippen LogP contribution in [0, 0.1) is 5.92 Å². The van der Waals surface area contributed by atoms with Gasteiger partial charge in [-0.05, 0) is 55.4 Å². The third-order valence-electron chi connectivity index (χ3n) is 5.62. The van der Waals surface area contributed by atoms with E-state index < -0.39 is 18.2 Å². The second-order valence-corrected chi connectivity index (χ2v) is 8.35. The Morgan fingerprint density at radius 1 is 1.12 bits per heavy atom. The summed E-state index contributed by atoms with van der Waals surface area (Å²) in [6.45, 7) is 2.49. The smallest absolute Gasteiger partial charge is 0.373 e. The molecule has 2 aromatic rings. The molecule has 3 rings (SSSR count). The molecule has 0 saturated heterocycles. The van der Waals surface area contributed by atoms with Crippen molar-refractivity contribution in [2.75, 3.05) is 20.3 Å². The highest BCUT2D eigenvalue weighted by molar-refractivity contribution is 5.96. The maximum absolute atomic E-state index is 11.8. The van der Waals surface area contributed by atoms with Crippen molar-refractivity contribution >= 4 is 11.9 Å². The fourth-order valence-corrected chi connectivity index (χ4v) is 3.77. The van der Waals surface area contributed by atoms with E-state index in [1.54, 1.807) is 24.3 Å². The van der Waals surface area contributed by atoms with E-state index in [1.807, 2.05) is 12.1 Å². The second-order valence-electron chi connectivity index (χ2n) is 8.35. The van der Waals surface area contributed by atoms with Gasteiger partial charge < -0.3 is 29.8 Å². The Kier molecular flexibility index (Phi) is 9.16. The van der Waals surface area contributed by atoms with Gasteiger partial charge in [-0.15, -0.1) is 0 Å². The van der Waals surface area contributed by atoms with E-state index in [4.69, 9.17) is 24.7 Å². The number of carbonyl (C=O) groups is 2. The first-order valence-electron chi connectivity index (χ1n) is 11.7. The van der Waals surface area contributed by atoms with Crippen LogP contribution in [-0.2, 0) is 22.4 Å². The van der Waals surface area contributed by atoms with Gasteiger partial charge >= 0.3 is 5.97 Å². The number of carboxylic acids is 1. The Morgan fingerprint density at radius 3 is 2.53 bits per heavy atom. The molecular weight excluding hydrogens is 438 g/mol. The third kappa shape index (κ3) is 6.87. The average Bonchev–Trinajstić information content (AvgIpc) is 3.63. The van der Waals surface area contributed by atoms with Crippen LogP contribution in [0.4, 0.5) is 0 Å². The van der Waals surface area contributed by atoms with Crippen molar-refractivity contribution in [1.29, 1.82) is 0 Å². The summed E-state index contributed by atoms with van der Waals surface area (Å²) in [5.41, 5.74) is 7.60. The summed E-state index contributed by atoms with van der Waals surface area (Å²) in [6, 6.07) is 10.7. The molecule has 0 aliphatic heterocycles. The lowest BCUT2D eigenvalue weighted by Crippen LogP contribution is -2.31. The first-order valence-corrected chi connectivity index (χ1v) is 11.7. The first kappa shape index (κ1) is 25.4. The van der Waals surface area contributed by atoms with Crippen LogP contribution in [0.3, 0.4) is 0 Å². The quantitative estimate of drug-likeness (QED) is 0.298. The van der Waals surface area contributed by atoms with Crippen molar-refractivity contribution in [3.05, 3.63) is 53.1 Å². The van der Waals surface area contributed by atoms with Gasteiger partial charge in [0.2, 0.25) is 0 Å². The highest BCUT2D eigenvalue weighted by atomic mass is 16.7. The number of methoxy groups -OCH3 is 1. The summed E-state index contributed by atoms with van der Waals surface area (Å²) in [7, 11) is 1.51. The molecule has 2 aromatic carbocycles. The molecular formula is C26H33NO7. The van der Waals surface area contributed by atoms with Crippen LogP contribution >= 0.6 is 0 Å². The maximum atomic E-state index is 11.8. The fourth-order valence-electron chi connectivity index (χ4n) is 3.77. The largest absolute Gasteiger partial charge is 0.495 e. The highest BCUT2D eigenvalue weighted by Crippen LogP contribution is 2.40. The molecule has 1 atom stereocenters. The number of primary amides is 1. The summed E-state index contributed by atoms with van der Waals surface area (Å²) in [5, 5.41) is 9.51. The molecule has 8 nitrogen and oxygen atoms in total. The van der Waals surface area contributed by atoms with E-state index >= 15 is 0 Å². The predicted molar refractivity (Wildman–Crippen MR) is 126 cm³/mol. The Morgan fingerprint density at radius 2 is 1.88 bits per heavy atom. The van der Waals surface area contributed by atoms with Gasteiger partial charge in [-0.25, -0.2) is 4.79 Å². The summed E-state index contributed by atoms with van der Waals surface area (Å²) in [6.07, 6.45) is 3.78. The molecule has 184 valence electrons. The molecule has 0 heterocycles. The average molecular weight is 472 g/mol. The number of carboxylic acid groups (broad SMARTS) is 1. The van der Waals surface area contributed by atoms with Crippen LogP contribution in [0.1, 0.15) is 54.1 Å². The van der Waals surface area contributed by atoms with Gasteiger partial charge in [-0.2, -0.15) is 0 Å². The number of ether oxygens (including phenoxy) is 4. The number of benzene rings is 2. The van der Waals surface area contributed by atoms with Crippen LogP contribution in [-0.4, -0.2) is 43.6 Å². The zero-order chi connectivity index (χ0) is 24.5. The topological polar surface area (TPSA) is 117 Å². The molecule has 8 heteroatoms. The van der Waals surface area contributed by atoms with Gasteiger partial charge in [0.15, 0.2) is 0 Å². The Balaban J connectivity index is 1.57. The van der Waals surface area contributed by atoms with Gasteiger partial charge in [0.1, 0.15) is 17.2 Å². The molecule has 34 heavy (non-hydrogen) atoms. The van der Waals surface area contributed by atoms with Gasteiger partial charge in [0.25, 0.3) is 12.2 Å². The molecule has 0 bridgehead atoms. The number of aryl methyl sites for hydroxylation is 1. The summed E-state index contributed by atoms with van der Waals surface area (Å²) >= 11 is 0. The Bertz CT molecular complexity index is 987. The third-order valence-corrected chi connectivity index (χ3v) is 5.62. The number of nitrogens with two attached hydrogens (primary N) is 1. The van der Waals surface area contributed by atoms with Gasteiger partial charge in [0, 0.05) is 12.0 Å². The number of para-hydroxylation sites is 1. The molecule has 3 N–H and O–H groups in total. The van der Waals surface area contributed by atoms with Crippen molar-refractivity contribution in [2.24, 2.45) is 11.7 Å². The van der Waals surface area contributed by atoms with Crippen molar-refractivity contribution in [2.45, 2.75) is 51.7 Å². The van der Waals surface area contributed by atoms with E-state index in [0.717, 1.165) is 43.2 Å². The van der Waals surface area contributed by atoms with Crippen molar-refractivity contribution in [3.8, 4) is 17.2 Å². The van der Waals surface area contributed by atoms with E-state index in [2.05, 4.69) is 6.92 Å². The molecule has 1 saturated carbocycles. The van der Waals surface area contributed by atoms with Crippen molar-refractivity contribution in [3.63, 3.8) is 0 Å². The van der Waals surface area contributed by atoms with E-state index in [0.29, 0.717) is 41.8 Å². The van der Waals surface area contributed by atoms with Crippen LogP contribution in [0.25, 0.3) is 0 Å². The Labute approximate surface area is 200 Å². The molecule has 0 radical (unpaired) electrons. The monoisotopic (exact) mass is 471 g/mol. The van der Waals surface area contributed by atoms with E-state index in [-0.39, 0.29) is 6.61 Å². The maximum Gasteiger partial charge on any atom is 0.373 e. The number of hydrogen-bond donors (Lipinski definition) is 2. The molecule has 1 fully saturated rings. The fraction of sp³-hybridized carbons (Fsp3) is 0.462. The SMILES string of the molecule is CCCc1ccccc1OC(OCCCOc1ccc(C(N)=O)c(OC)c1CC1CC1)C(=O)O. The van der Waals surface area contributed by atoms with E-state index in [1.165, 1.54) is 7.11 Å². The van der Waals surface area contributed by atoms with Crippen molar-refractivity contribution < 1.29 is 33.6 Å². The first-order chi connectivity index (χ1) is 16.4. The lowest BCUT2D eigenvalue weighted by atomic mass is 10.0. The summed E-state index contributed by atoms with van der Waals surface area (Å²) < 4.78 is 22.6. The number of aliphatic carboxylic acids is 1. The van der Waals surface area contributed by atoms with Crippen LogP contribution in [0.15, 0.2) is 36.4 Å². The number of hydrogen-bond acceptors (Lipinski definition) is 6. The minimum atomic E-state index is -1.40. The number of carbonyl (C=O) groups excluding carboxylic acids is 1. The number of rotatable bonds is 15. The van der Waals surface area contributed by atoms with Gasteiger partial charge in [-0.3, -0.25) is 4.79 Å². The van der Waals surface area contributed by atoms with Crippen LogP contribution < -0.4 is 19.9 Å². The number of amides is 1. The molecule has 1 aliphatic carbocycles. The lowest BCUT2D eigenvalue weighted by molar-refractivity contribution is -0.171. The normalized spacial score (nSPS) is 13.8. The van der Waals surface area contributed by atoms with Crippen LogP contribution in [0.5, 0.6) is 17.2 Å². The Hall–Kier alpha value is -3.26. The minimum Gasteiger partial charge on any atom is -0.495 e. The summed E-state index contributed by atoms with van der Waals surface area (Å²) in [5.74, 6) is 0.414. The lowest BCUT2D eigenvalue weighted by Gasteiger charge is -2.19. The molecule has 0 spiro atoms. The molecule has 1 unspecified atom stereocenters. The van der Waals surface area contributed by atoms with Gasteiger partial charge in [0.05, 0.1) is 25.9 Å². The van der Waals surface area contributed by atoms with Crippen LogP contribution in [0.2, 0.25) is 0 Å². The van der Waals surface area contributed by atoms with E-state index in [9.17, 15) is 14.7 Å². The minimum absolute atomic E-state index is 0.140. The predicted octanol–water partition coefficient (Wildman–Crippen LogP) is 3.97. The summed E-state index contributed by atoms with van der Waals surface area (Å²) in [4.78, 5) is 23.4. The standard InChI is InChI=1S/C26H33NO7/c1-3-7-18-8-4-5-9-21(18)34-26(25(29)30)33-15-6-14-32-22-13-12-19(24(27)28)23(31-2)20(22)16-17-10-11-17/h4-5,8-9,12-13,17,26H,3,6-7,10-11,14-16H2,1-2H3,(H2,27,28)(H,29,30). The zero-order valence-corrected chi connectivity index (χ0v) is 19.7. The van der Waals surface area contributed by atoms with Gasteiger partial charge in [-0.1, -0.05) is 31.5 Å². The van der Waals surface area contributed by atoms with Crippen molar-refractivity contribution in [1.82, 2.24) is 0 Å². The zero-order valence-electron chi connectivity index (χ0n) is 19.7. The molecule has 1 amide bonds. The highest BCUT2D eigenvalue weighted by Gasteiger charge is 2.27. The second kappa shape index (κ2) is 12.3.